The number of piperidine rings is 1. The Kier molecular flexibility index (Phi) is 6.24. The largest absolute Gasteiger partial charge is 0.497 e. The Hall–Kier alpha value is -2.91. The molecule has 3 aromatic rings. The summed E-state index contributed by atoms with van der Waals surface area (Å²) in [6.07, 6.45) is 2.85. The molecule has 0 radical (unpaired) electrons. The molecule has 164 valence electrons. The average Bonchev–Trinajstić information content (AvgIpc) is 3.27. The Bertz CT molecular complexity index is 1100. The molecule has 1 aliphatic rings. The van der Waals surface area contributed by atoms with Gasteiger partial charge in [-0.3, -0.25) is 4.31 Å². The molecule has 2 heterocycles. The maximum Gasteiger partial charge on any atom is 0.304 e. The lowest BCUT2D eigenvalue weighted by molar-refractivity contribution is 0.216. The third kappa shape index (κ3) is 4.57. The highest BCUT2D eigenvalue weighted by Gasteiger charge is 2.39. The minimum Gasteiger partial charge on any atom is -0.497 e. The van der Waals surface area contributed by atoms with E-state index in [9.17, 15) is 8.42 Å². The minimum atomic E-state index is -3.78. The van der Waals surface area contributed by atoms with Crippen LogP contribution in [0.15, 0.2) is 59.0 Å². The number of hydrogen-bond donors (Lipinski definition) is 0. The number of ether oxygens (including phenoxy) is 1. The van der Waals surface area contributed by atoms with Crippen molar-refractivity contribution in [1.82, 2.24) is 14.5 Å². The van der Waals surface area contributed by atoms with Crippen molar-refractivity contribution >= 4 is 15.9 Å². The predicted octanol–water partition coefficient (Wildman–Crippen LogP) is 3.58. The van der Waals surface area contributed by atoms with Crippen molar-refractivity contribution in [3.05, 3.63) is 71.9 Å². The maximum atomic E-state index is 13.5. The third-order valence-electron chi connectivity index (χ3n) is 5.50. The fourth-order valence-electron chi connectivity index (χ4n) is 3.75. The van der Waals surface area contributed by atoms with Crippen LogP contribution < -0.4 is 9.04 Å². The van der Waals surface area contributed by atoms with Crippen molar-refractivity contribution in [3.8, 4) is 5.75 Å². The van der Waals surface area contributed by atoms with E-state index in [0.717, 1.165) is 18.4 Å². The van der Waals surface area contributed by atoms with Crippen LogP contribution in [0.2, 0.25) is 0 Å². The Balaban J connectivity index is 1.56. The number of aromatic nitrogens is 2. The second kappa shape index (κ2) is 9.07. The van der Waals surface area contributed by atoms with Crippen molar-refractivity contribution in [2.24, 2.45) is 0 Å². The van der Waals surface area contributed by atoms with E-state index >= 15 is 0 Å². The molecule has 1 aromatic heterocycles. The lowest BCUT2D eigenvalue weighted by atomic mass is 10.1. The number of hydrogen-bond acceptors (Lipinski definition) is 6. The molecule has 4 rings (SSSR count). The van der Waals surface area contributed by atoms with Gasteiger partial charge in [0, 0.05) is 13.6 Å². The van der Waals surface area contributed by atoms with E-state index in [4.69, 9.17) is 9.15 Å². The molecule has 8 nitrogen and oxygen atoms in total. The van der Waals surface area contributed by atoms with E-state index in [1.54, 1.807) is 38.4 Å². The minimum absolute atomic E-state index is 0.345. The van der Waals surface area contributed by atoms with Crippen LogP contribution in [-0.2, 0) is 16.6 Å². The predicted molar refractivity (Wildman–Crippen MR) is 117 cm³/mol. The maximum absolute atomic E-state index is 13.5. The summed E-state index contributed by atoms with van der Waals surface area (Å²) in [5.74, 6) is 1.49. The van der Waals surface area contributed by atoms with Crippen molar-refractivity contribution in [1.29, 1.82) is 0 Å². The molecule has 0 saturated carbocycles. The van der Waals surface area contributed by atoms with Gasteiger partial charge in [0.2, 0.25) is 11.8 Å². The third-order valence-corrected chi connectivity index (χ3v) is 7.43. The highest BCUT2D eigenvalue weighted by atomic mass is 32.2. The zero-order valence-corrected chi connectivity index (χ0v) is 18.5. The molecule has 1 atom stereocenters. The Morgan fingerprint density at radius 3 is 2.55 bits per heavy atom. The first-order valence-corrected chi connectivity index (χ1v) is 11.6. The molecule has 9 heteroatoms. The number of methoxy groups -OCH3 is 1. The van der Waals surface area contributed by atoms with Gasteiger partial charge in [-0.25, -0.2) is 0 Å². The van der Waals surface area contributed by atoms with Crippen LogP contribution in [0.25, 0.3) is 0 Å². The number of nitrogens with zero attached hydrogens (tertiary/aromatic N) is 4. The Labute approximate surface area is 182 Å². The van der Waals surface area contributed by atoms with Crippen LogP contribution in [0, 0.1) is 0 Å². The second-order valence-electron chi connectivity index (χ2n) is 7.49. The van der Waals surface area contributed by atoms with Gasteiger partial charge in [0.25, 0.3) is 0 Å². The van der Waals surface area contributed by atoms with Crippen LogP contribution >= 0.6 is 0 Å². The summed E-state index contributed by atoms with van der Waals surface area (Å²) in [6.45, 7) is 0.407. The van der Waals surface area contributed by atoms with Gasteiger partial charge < -0.3 is 9.15 Å². The van der Waals surface area contributed by atoms with Gasteiger partial charge in [0.1, 0.15) is 11.8 Å². The highest BCUT2D eigenvalue weighted by molar-refractivity contribution is 7.90. The van der Waals surface area contributed by atoms with Crippen molar-refractivity contribution in [2.45, 2.75) is 31.7 Å². The fraction of sp³-hybridized carbons (Fsp3) is 0.364. The normalized spacial score (nSPS) is 17.4. The van der Waals surface area contributed by atoms with Crippen LogP contribution in [0.1, 0.15) is 42.6 Å². The molecule has 0 spiro atoms. The first-order chi connectivity index (χ1) is 15.0. The monoisotopic (exact) mass is 442 g/mol. The second-order valence-corrected chi connectivity index (χ2v) is 9.40. The zero-order chi connectivity index (χ0) is 21.8. The standard InChI is InChI=1S/C22H26N4O4S/c1-25(18-11-13-19(29-2)14-12-18)31(27,28)26-15-7-6-10-20(26)22-24-23-21(30-22)16-17-8-4-3-5-9-17/h3-5,8-9,11-14,20H,6-7,10,15-16H2,1-2H3/t20-/m0/s1. The van der Waals surface area contributed by atoms with E-state index in [-0.39, 0.29) is 0 Å². The summed E-state index contributed by atoms with van der Waals surface area (Å²) in [5, 5.41) is 8.36. The van der Waals surface area contributed by atoms with Gasteiger partial charge in [0.15, 0.2) is 0 Å². The number of anilines is 1. The van der Waals surface area contributed by atoms with Gasteiger partial charge in [-0.1, -0.05) is 36.8 Å². The molecule has 2 aromatic carbocycles. The van der Waals surface area contributed by atoms with Gasteiger partial charge >= 0.3 is 10.2 Å². The smallest absolute Gasteiger partial charge is 0.304 e. The van der Waals surface area contributed by atoms with Crippen LogP contribution in [0.5, 0.6) is 5.75 Å². The summed E-state index contributed by atoms with van der Waals surface area (Å²) in [5.41, 5.74) is 1.62. The molecule has 1 fully saturated rings. The lowest BCUT2D eigenvalue weighted by Crippen LogP contribution is -2.46. The Morgan fingerprint density at radius 1 is 1.10 bits per heavy atom. The zero-order valence-electron chi connectivity index (χ0n) is 17.6. The number of rotatable bonds is 7. The van der Waals surface area contributed by atoms with E-state index in [0.29, 0.717) is 42.6 Å². The van der Waals surface area contributed by atoms with Gasteiger partial charge in [-0.2, -0.15) is 12.7 Å². The first-order valence-electron chi connectivity index (χ1n) is 10.2. The molecule has 0 bridgehead atoms. The van der Waals surface area contributed by atoms with Crippen LogP contribution in [0.3, 0.4) is 0 Å². The van der Waals surface area contributed by atoms with Gasteiger partial charge in [0.05, 0.1) is 19.2 Å². The molecular weight excluding hydrogens is 416 g/mol. The average molecular weight is 443 g/mol. The van der Waals surface area contributed by atoms with E-state index in [2.05, 4.69) is 10.2 Å². The molecule has 0 aliphatic carbocycles. The topological polar surface area (TPSA) is 88.8 Å². The first kappa shape index (κ1) is 21.3. The van der Waals surface area contributed by atoms with Crippen molar-refractivity contribution < 1.29 is 17.6 Å². The molecule has 0 amide bonds. The highest BCUT2D eigenvalue weighted by Crippen LogP contribution is 2.35. The summed E-state index contributed by atoms with van der Waals surface area (Å²) in [6, 6.07) is 16.3. The van der Waals surface area contributed by atoms with Crippen LogP contribution in [0.4, 0.5) is 5.69 Å². The molecule has 1 saturated heterocycles. The Morgan fingerprint density at radius 2 is 1.84 bits per heavy atom. The quantitative estimate of drug-likeness (QED) is 0.556. The lowest BCUT2D eigenvalue weighted by Gasteiger charge is -2.35. The molecule has 0 unspecified atom stereocenters. The van der Waals surface area contributed by atoms with E-state index < -0.39 is 16.3 Å². The van der Waals surface area contributed by atoms with Crippen molar-refractivity contribution in [3.63, 3.8) is 0 Å². The summed E-state index contributed by atoms with van der Waals surface area (Å²) < 4.78 is 40.7. The molecule has 1 aliphatic heterocycles. The van der Waals surface area contributed by atoms with Crippen LogP contribution in [-0.4, -0.2) is 43.6 Å². The summed E-state index contributed by atoms with van der Waals surface area (Å²) >= 11 is 0. The SMILES string of the molecule is COc1ccc(N(C)S(=O)(=O)N2CCCC[C@H]2c2nnc(Cc3ccccc3)o2)cc1. The van der Waals surface area contributed by atoms with Crippen molar-refractivity contribution in [2.75, 3.05) is 25.0 Å². The van der Waals surface area contributed by atoms with E-state index in [1.807, 2.05) is 30.3 Å². The summed E-state index contributed by atoms with van der Waals surface area (Å²) in [7, 11) is -0.657. The molecule has 31 heavy (non-hydrogen) atoms. The molecular formula is C22H26N4O4S. The summed E-state index contributed by atoms with van der Waals surface area (Å²) in [4.78, 5) is 0. The molecule has 0 N–H and O–H groups in total. The number of benzene rings is 2. The van der Waals surface area contributed by atoms with E-state index in [1.165, 1.54) is 8.61 Å². The fourth-order valence-corrected chi connectivity index (χ4v) is 5.33. The van der Waals surface area contributed by atoms with Gasteiger partial charge in [-0.15, -0.1) is 10.2 Å². The van der Waals surface area contributed by atoms with Gasteiger partial charge in [-0.05, 0) is 42.7 Å².